The molecule has 1 atom stereocenters. The molecular formula is C22H19F3N4O2S. The van der Waals surface area contributed by atoms with Crippen molar-refractivity contribution < 1.29 is 22.8 Å². The SMILES string of the molecule is Cc1ccc(NC(=O)c2nnc([C@@H]3CCCN3C(=O)c3ccccc3C(F)(F)F)s2)cc1. The summed E-state index contributed by atoms with van der Waals surface area (Å²) in [5, 5.41) is 11.3. The van der Waals surface area contributed by atoms with Crippen LogP contribution < -0.4 is 5.32 Å². The Kier molecular flexibility index (Phi) is 5.96. The molecule has 10 heteroatoms. The fourth-order valence-electron chi connectivity index (χ4n) is 3.62. The van der Waals surface area contributed by atoms with Crippen molar-refractivity contribution in [2.75, 3.05) is 11.9 Å². The highest BCUT2D eigenvalue weighted by atomic mass is 32.1. The van der Waals surface area contributed by atoms with Gasteiger partial charge in [-0.2, -0.15) is 13.2 Å². The lowest BCUT2D eigenvalue weighted by Gasteiger charge is -2.24. The molecule has 0 bridgehead atoms. The number of aryl methyl sites for hydroxylation is 1. The van der Waals surface area contributed by atoms with E-state index in [1.807, 2.05) is 19.1 Å². The van der Waals surface area contributed by atoms with Crippen LogP contribution in [0.3, 0.4) is 0 Å². The lowest BCUT2D eigenvalue weighted by atomic mass is 10.1. The number of halogens is 3. The van der Waals surface area contributed by atoms with Crippen molar-refractivity contribution in [3.63, 3.8) is 0 Å². The highest BCUT2D eigenvalue weighted by Crippen LogP contribution is 2.37. The quantitative estimate of drug-likeness (QED) is 0.588. The van der Waals surface area contributed by atoms with Gasteiger partial charge >= 0.3 is 6.18 Å². The average Bonchev–Trinajstić information content (AvgIpc) is 3.44. The first-order chi connectivity index (χ1) is 15.2. The van der Waals surface area contributed by atoms with Crippen LogP contribution in [0.2, 0.25) is 0 Å². The lowest BCUT2D eigenvalue weighted by Crippen LogP contribution is -2.32. The Hall–Kier alpha value is -3.27. The molecule has 2 aromatic carbocycles. The van der Waals surface area contributed by atoms with E-state index in [1.54, 1.807) is 12.1 Å². The molecule has 2 heterocycles. The van der Waals surface area contributed by atoms with Crippen LogP contribution in [0.1, 0.15) is 55.2 Å². The van der Waals surface area contributed by atoms with E-state index < -0.39 is 35.2 Å². The number of anilines is 1. The third-order valence-corrected chi connectivity index (χ3v) is 6.23. The molecule has 6 nitrogen and oxygen atoms in total. The van der Waals surface area contributed by atoms with Gasteiger partial charge in [-0.3, -0.25) is 9.59 Å². The highest BCUT2D eigenvalue weighted by Gasteiger charge is 2.39. The molecule has 1 N–H and O–H groups in total. The minimum Gasteiger partial charge on any atom is -0.329 e. The number of carbonyl (C=O) groups is 2. The van der Waals surface area contributed by atoms with E-state index in [0.29, 0.717) is 30.1 Å². The minimum absolute atomic E-state index is 0.121. The zero-order valence-electron chi connectivity index (χ0n) is 17.0. The second-order valence-electron chi connectivity index (χ2n) is 7.47. The fraction of sp³-hybridized carbons (Fsp3) is 0.273. The van der Waals surface area contributed by atoms with Gasteiger partial charge in [0.25, 0.3) is 11.8 Å². The molecule has 1 aliphatic rings. The van der Waals surface area contributed by atoms with Crippen molar-refractivity contribution in [2.45, 2.75) is 32.0 Å². The summed E-state index contributed by atoms with van der Waals surface area (Å²) < 4.78 is 40.1. The Morgan fingerprint density at radius 2 is 1.81 bits per heavy atom. The molecule has 1 fully saturated rings. The van der Waals surface area contributed by atoms with Crippen LogP contribution in [0, 0.1) is 6.92 Å². The average molecular weight is 460 g/mol. The zero-order valence-corrected chi connectivity index (χ0v) is 17.8. The molecular weight excluding hydrogens is 441 g/mol. The summed E-state index contributed by atoms with van der Waals surface area (Å²) in [7, 11) is 0. The van der Waals surface area contributed by atoms with E-state index in [-0.39, 0.29) is 5.01 Å². The summed E-state index contributed by atoms with van der Waals surface area (Å²) in [6.07, 6.45) is -3.48. The second-order valence-corrected chi connectivity index (χ2v) is 8.47. The Labute approximate surface area is 186 Å². The number of hydrogen-bond donors (Lipinski definition) is 1. The molecule has 166 valence electrons. The molecule has 32 heavy (non-hydrogen) atoms. The van der Waals surface area contributed by atoms with Gasteiger partial charge < -0.3 is 10.2 Å². The molecule has 3 aromatic rings. The van der Waals surface area contributed by atoms with Gasteiger partial charge in [0.1, 0.15) is 5.01 Å². The van der Waals surface area contributed by atoms with E-state index in [0.717, 1.165) is 23.0 Å². The molecule has 0 unspecified atom stereocenters. The smallest absolute Gasteiger partial charge is 0.329 e. The number of likely N-dealkylation sites (tertiary alicyclic amines) is 1. The number of aromatic nitrogens is 2. The van der Waals surface area contributed by atoms with E-state index in [4.69, 9.17) is 0 Å². The van der Waals surface area contributed by atoms with E-state index in [9.17, 15) is 22.8 Å². The third kappa shape index (κ3) is 4.50. The van der Waals surface area contributed by atoms with Gasteiger partial charge in [0.2, 0.25) is 5.01 Å². The van der Waals surface area contributed by atoms with Crippen LogP contribution in [0.4, 0.5) is 18.9 Å². The zero-order chi connectivity index (χ0) is 22.9. The van der Waals surface area contributed by atoms with Crippen molar-refractivity contribution in [3.8, 4) is 0 Å². The summed E-state index contributed by atoms with van der Waals surface area (Å²) >= 11 is 1.04. The van der Waals surface area contributed by atoms with Gasteiger partial charge in [-0.05, 0) is 44.0 Å². The van der Waals surface area contributed by atoms with Crippen molar-refractivity contribution >= 4 is 28.8 Å². The molecule has 0 spiro atoms. The monoisotopic (exact) mass is 460 g/mol. The van der Waals surface area contributed by atoms with Gasteiger partial charge in [-0.25, -0.2) is 0 Å². The molecule has 1 saturated heterocycles. The number of alkyl halides is 3. The number of amides is 2. The van der Waals surface area contributed by atoms with Gasteiger partial charge in [0, 0.05) is 12.2 Å². The summed E-state index contributed by atoms with van der Waals surface area (Å²) in [5.41, 5.74) is 0.304. The van der Waals surface area contributed by atoms with Crippen molar-refractivity contribution in [3.05, 3.63) is 75.2 Å². The standard InChI is InChI=1S/C22H19F3N4O2S/c1-13-8-10-14(11-9-13)26-18(30)20-28-27-19(32-20)17-7-4-12-29(17)21(31)15-5-2-3-6-16(15)22(23,24)25/h2-3,5-6,8-11,17H,4,7,12H2,1H3,(H,26,30)/t17-/m0/s1. The first-order valence-corrected chi connectivity index (χ1v) is 10.7. The maximum atomic E-state index is 13.4. The predicted octanol–water partition coefficient (Wildman–Crippen LogP) is 5.09. The third-order valence-electron chi connectivity index (χ3n) is 5.21. The summed E-state index contributed by atoms with van der Waals surface area (Å²) in [6, 6.07) is 11.5. The maximum absolute atomic E-state index is 13.4. The number of benzene rings is 2. The van der Waals surface area contributed by atoms with Crippen LogP contribution in [0.25, 0.3) is 0 Å². The second kappa shape index (κ2) is 8.70. The number of hydrogen-bond acceptors (Lipinski definition) is 5. The molecule has 0 radical (unpaired) electrons. The van der Waals surface area contributed by atoms with E-state index >= 15 is 0 Å². The van der Waals surface area contributed by atoms with Crippen molar-refractivity contribution in [2.24, 2.45) is 0 Å². The highest BCUT2D eigenvalue weighted by molar-refractivity contribution is 7.13. The fourth-order valence-corrected chi connectivity index (χ4v) is 4.51. The molecule has 1 aliphatic heterocycles. The Bertz CT molecular complexity index is 1140. The van der Waals surface area contributed by atoms with Gasteiger partial charge in [-0.1, -0.05) is 41.2 Å². The van der Waals surface area contributed by atoms with Gasteiger partial charge in [0.15, 0.2) is 0 Å². The number of nitrogens with one attached hydrogen (secondary N) is 1. The minimum atomic E-state index is -4.63. The van der Waals surface area contributed by atoms with Gasteiger partial charge in [0.05, 0.1) is 17.2 Å². The summed E-state index contributed by atoms with van der Waals surface area (Å²) in [6.45, 7) is 2.24. The Morgan fingerprint density at radius 1 is 1.09 bits per heavy atom. The van der Waals surface area contributed by atoms with Crippen molar-refractivity contribution in [1.29, 1.82) is 0 Å². The summed E-state index contributed by atoms with van der Waals surface area (Å²) in [5.74, 6) is -1.14. The molecule has 0 saturated carbocycles. The van der Waals surface area contributed by atoms with Crippen molar-refractivity contribution in [1.82, 2.24) is 15.1 Å². The van der Waals surface area contributed by atoms with Crippen LogP contribution in [0.5, 0.6) is 0 Å². The topological polar surface area (TPSA) is 75.2 Å². The van der Waals surface area contributed by atoms with Crippen LogP contribution in [-0.4, -0.2) is 33.5 Å². The Morgan fingerprint density at radius 3 is 2.53 bits per heavy atom. The largest absolute Gasteiger partial charge is 0.417 e. The predicted molar refractivity (Wildman–Crippen MR) is 113 cm³/mol. The normalized spacial score (nSPS) is 16.2. The molecule has 4 rings (SSSR count). The molecule has 1 aromatic heterocycles. The molecule has 2 amide bonds. The number of carbonyl (C=O) groups excluding carboxylic acids is 2. The number of rotatable bonds is 4. The summed E-state index contributed by atoms with van der Waals surface area (Å²) in [4.78, 5) is 26.9. The maximum Gasteiger partial charge on any atom is 0.417 e. The van der Waals surface area contributed by atoms with Crippen LogP contribution >= 0.6 is 11.3 Å². The first kappa shape index (κ1) is 21.9. The molecule has 0 aliphatic carbocycles. The Balaban J connectivity index is 1.53. The number of nitrogens with zero attached hydrogens (tertiary/aromatic N) is 3. The van der Waals surface area contributed by atoms with Crippen LogP contribution in [0.15, 0.2) is 48.5 Å². The van der Waals surface area contributed by atoms with E-state index in [2.05, 4.69) is 15.5 Å². The van der Waals surface area contributed by atoms with E-state index in [1.165, 1.54) is 23.1 Å². The first-order valence-electron chi connectivity index (χ1n) is 9.92. The van der Waals surface area contributed by atoms with Crippen LogP contribution in [-0.2, 0) is 6.18 Å². The van der Waals surface area contributed by atoms with Gasteiger partial charge in [-0.15, -0.1) is 10.2 Å². The lowest BCUT2D eigenvalue weighted by molar-refractivity contribution is -0.138.